The molecular weight excluding hydrogens is 336 g/mol. The fraction of sp³-hybridized carbons (Fsp3) is 0. The van der Waals surface area contributed by atoms with Gasteiger partial charge in [-0.1, -0.05) is 11.6 Å². The highest BCUT2D eigenvalue weighted by Crippen LogP contribution is 2.20. The molecule has 0 atom stereocenters. The van der Waals surface area contributed by atoms with Crippen LogP contribution in [0.5, 0.6) is 0 Å². The van der Waals surface area contributed by atoms with Gasteiger partial charge in [0, 0.05) is 22.7 Å². The number of hydrogen-bond donors (Lipinski definition) is 1. The summed E-state index contributed by atoms with van der Waals surface area (Å²) in [6.07, 6.45) is 1.16. The number of hydrogen-bond acceptors (Lipinski definition) is 6. The van der Waals surface area contributed by atoms with Crippen LogP contribution in [0.3, 0.4) is 0 Å². The third kappa shape index (κ3) is 3.11. The van der Waals surface area contributed by atoms with Crippen LogP contribution in [0.4, 0.5) is 5.69 Å². The largest absolute Gasteiger partial charge is 0.507 e. The second kappa shape index (κ2) is 6.13. The van der Waals surface area contributed by atoms with Gasteiger partial charge < -0.3 is 9.52 Å². The Bertz CT molecular complexity index is 1020. The molecule has 0 aliphatic carbocycles. The molecular formula is C16H9ClN2O5. The number of fused-ring (bicyclic) bond motifs is 1. The number of aliphatic hydroxyl groups is 1. The molecule has 8 heteroatoms. The minimum absolute atomic E-state index is 0.00247. The molecule has 1 N–H and O–H groups in total. The Morgan fingerprint density at radius 1 is 1.25 bits per heavy atom. The van der Waals surface area contributed by atoms with Crippen molar-refractivity contribution in [3.05, 3.63) is 79.3 Å². The number of benzene rings is 2. The summed E-state index contributed by atoms with van der Waals surface area (Å²) in [5.41, 5.74) is -0.441. The normalized spacial score (nSPS) is 11.6. The van der Waals surface area contributed by atoms with Crippen LogP contribution in [0.25, 0.3) is 22.9 Å². The monoisotopic (exact) mass is 344 g/mol. The van der Waals surface area contributed by atoms with E-state index in [0.717, 1.165) is 12.1 Å². The number of nitro groups is 1. The van der Waals surface area contributed by atoms with Gasteiger partial charge in [0.1, 0.15) is 11.3 Å². The van der Waals surface area contributed by atoms with Crippen molar-refractivity contribution in [2.75, 3.05) is 0 Å². The first-order valence-electron chi connectivity index (χ1n) is 6.70. The lowest BCUT2D eigenvalue weighted by Gasteiger charge is -2.01. The SMILES string of the molecule is O=c1oc2cc([N+](=O)[O-])ccc2nc1/C=C(\O)c1ccc(Cl)cc1. The Balaban J connectivity index is 2.06. The van der Waals surface area contributed by atoms with Crippen molar-refractivity contribution >= 4 is 40.2 Å². The Kier molecular flexibility index (Phi) is 4.01. The van der Waals surface area contributed by atoms with Crippen molar-refractivity contribution in [3.63, 3.8) is 0 Å². The van der Waals surface area contributed by atoms with E-state index in [1.54, 1.807) is 24.3 Å². The Labute approximate surface area is 139 Å². The average Bonchev–Trinajstić information content (AvgIpc) is 2.55. The van der Waals surface area contributed by atoms with E-state index in [0.29, 0.717) is 10.6 Å². The van der Waals surface area contributed by atoms with E-state index in [1.165, 1.54) is 12.1 Å². The average molecular weight is 345 g/mol. The molecule has 0 radical (unpaired) electrons. The van der Waals surface area contributed by atoms with Gasteiger partial charge in [0.15, 0.2) is 11.3 Å². The molecule has 2 aromatic carbocycles. The van der Waals surface area contributed by atoms with E-state index < -0.39 is 10.5 Å². The van der Waals surface area contributed by atoms with Crippen LogP contribution in [0.15, 0.2) is 51.7 Å². The van der Waals surface area contributed by atoms with Gasteiger partial charge in [-0.2, -0.15) is 0 Å². The van der Waals surface area contributed by atoms with Crippen molar-refractivity contribution in [1.29, 1.82) is 0 Å². The van der Waals surface area contributed by atoms with Crippen LogP contribution in [0.1, 0.15) is 11.3 Å². The second-order valence-corrected chi connectivity index (χ2v) is 5.27. The van der Waals surface area contributed by atoms with Crippen molar-refractivity contribution < 1.29 is 14.4 Å². The first-order valence-corrected chi connectivity index (χ1v) is 7.08. The maximum absolute atomic E-state index is 12.0. The molecule has 0 bridgehead atoms. The number of aromatic nitrogens is 1. The summed E-state index contributed by atoms with van der Waals surface area (Å²) < 4.78 is 5.04. The lowest BCUT2D eigenvalue weighted by molar-refractivity contribution is -0.384. The van der Waals surface area contributed by atoms with Crippen molar-refractivity contribution in [2.45, 2.75) is 0 Å². The van der Waals surface area contributed by atoms with Crippen molar-refractivity contribution in [1.82, 2.24) is 4.98 Å². The number of halogens is 1. The zero-order valence-corrected chi connectivity index (χ0v) is 12.7. The summed E-state index contributed by atoms with van der Waals surface area (Å²) in [7, 11) is 0. The van der Waals surface area contributed by atoms with Crippen LogP contribution in [-0.2, 0) is 0 Å². The van der Waals surface area contributed by atoms with Gasteiger partial charge in [0.25, 0.3) is 5.69 Å². The molecule has 0 saturated carbocycles. The molecule has 24 heavy (non-hydrogen) atoms. The summed E-state index contributed by atoms with van der Waals surface area (Å²) >= 11 is 5.78. The highest BCUT2D eigenvalue weighted by atomic mass is 35.5. The van der Waals surface area contributed by atoms with Crippen LogP contribution >= 0.6 is 11.6 Å². The lowest BCUT2D eigenvalue weighted by atomic mass is 10.1. The van der Waals surface area contributed by atoms with Gasteiger partial charge in [0.05, 0.1) is 11.0 Å². The third-order valence-corrected chi connectivity index (χ3v) is 3.47. The van der Waals surface area contributed by atoms with Gasteiger partial charge in [-0.05, 0) is 30.3 Å². The van der Waals surface area contributed by atoms with Crippen LogP contribution in [0, 0.1) is 10.1 Å². The second-order valence-electron chi connectivity index (χ2n) is 4.83. The van der Waals surface area contributed by atoms with Crippen LogP contribution < -0.4 is 5.63 Å². The molecule has 1 aromatic heterocycles. The van der Waals surface area contributed by atoms with Crippen molar-refractivity contribution in [2.24, 2.45) is 0 Å². The predicted octanol–water partition coefficient (Wildman–Crippen LogP) is 3.81. The maximum atomic E-state index is 12.0. The molecule has 0 saturated heterocycles. The molecule has 7 nitrogen and oxygen atoms in total. The van der Waals surface area contributed by atoms with E-state index in [9.17, 15) is 20.0 Å². The van der Waals surface area contributed by atoms with E-state index in [4.69, 9.17) is 16.0 Å². The van der Waals surface area contributed by atoms with Gasteiger partial charge in [0.2, 0.25) is 0 Å². The minimum Gasteiger partial charge on any atom is -0.507 e. The summed E-state index contributed by atoms with van der Waals surface area (Å²) in [4.78, 5) is 26.2. The van der Waals surface area contributed by atoms with Crippen LogP contribution in [0.2, 0.25) is 5.02 Å². The van der Waals surface area contributed by atoms with E-state index in [1.807, 2.05) is 0 Å². The Morgan fingerprint density at radius 2 is 1.96 bits per heavy atom. The van der Waals surface area contributed by atoms with Crippen LogP contribution in [-0.4, -0.2) is 15.0 Å². The lowest BCUT2D eigenvalue weighted by Crippen LogP contribution is -2.06. The fourth-order valence-electron chi connectivity index (χ4n) is 2.04. The highest BCUT2D eigenvalue weighted by Gasteiger charge is 2.12. The summed E-state index contributed by atoms with van der Waals surface area (Å²) in [6, 6.07) is 10.1. The number of rotatable bonds is 3. The summed E-state index contributed by atoms with van der Waals surface area (Å²) in [5.74, 6) is -0.187. The van der Waals surface area contributed by atoms with E-state index in [2.05, 4.69) is 4.98 Å². The van der Waals surface area contributed by atoms with Crippen molar-refractivity contribution in [3.8, 4) is 0 Å². The molecule has 0 amide bonds. The number of nitrogens with zero attached hydrogens (tertiary/aromatic N) is 2. The molecule has 3 rings (SSSR count). The zero-order chi connectivity index (χ0) is 17.3. The molecule has 0 spiro atoms. The fourth-order valence-corrected chi connectivity index (χ4v) is 2.17. The third-order valence-electron chi connectivity index (χ3n) is 3.22. The highest BCUT2D eigenvalue weighted by molar-refractivity contribution is 6.30. The molecule has 0 aliphatic rings. The maximum Gasteiger partial charge on any atom is 0.362 e. The number of nitro benzene ring substituents is 1. The first kappa shape index (κ1) is 15.7. The van der Waals surface area contributed by atoms with E-state index >= 15 is 0 Å². The smallest absolute Gasteiger partial charge is 0.362 e. The summed E-state index contributed by atoms with van der Waals surface area (Å²) in [5, 5.41) is 21.3. The zero-order valence-electron chi connectivity index (χ0n) is 12.0. The molecule has 0 aliphatic heterocycles. The first-order chi connectivity index (χ1) is 11.4. The number of non-ortho nitro benzene ring substituents is 1. The van der Waals surface area contributed by atoms with Gasteiger partial charge >= 0.3 is 5.63 Å². The van der Waals surface area contributed by atoms with Gasteiger partial charge in [-0.15, -0.1) is 0 Å². The Morgan fingerprint density at radius 3 is 2.62 bits per heavy atom. The minimum atomic E-state index is -0.816. The Hall–Kier alpha value is -3.19. The quantitative estimate of drug-likeness (QED) is 0.440. The molecule has 120 valence electrons. The standard InChI is InChI=1S/C16H9ClN2O5/c17-10-3-1-9(2-4-10)14(20)8-13-16(21)24-15-7-11(19(22)23)5-6-12(15)18-13/h1-8,20H/b14-8-. The molecule has 1 heterocycles. The molecule has 3 aromatic rings. The summed E-state index contributed by atoms with van der Waals surface area (Å²) in [6.45, 7) is 0. The van der Waals surface area contributed by atoms with Gasteiger partial charge in [-0.3, -0.25) is 10.1 Å². The predicted molar refractivity (Wildman–Crippen MR) is 88.9 cm³/mol. The topological polar surface area (TPSA) is 106 Å². The molecule has 0 unspecified atom stereocenters. The number of aliphatic hydroxyl groups excluding tert-OH is 1. The van der Waals surface area contributed by atoms with Gasteiger partial charge in [-0.25, -0.2) is 9.78 Å². The van der Waals surface area contributed by atoms with E-state index in [-0.39, 0.29) is 28.2 Å². The molecule has 0 fully saturated rings.